The monoisotopic (exact) mass is 440 g/mol. The highest BCUT2D eigenvalue weighted by Crippen LogP contribution is 2.44. The zero-order valence-corrected chi connectivity index (χ0v) is 18.9. The first-order chi connectivity index (χ1) is 14.5. The highest BCUT2D eigenvalue weighted by molar-refractivity contribution is 7.91. The lowest BCUT2D eigenvalue weighted by molar-refractivity contribution is -0.124. The molecule has 0 unspecified atom stereocenters. The van der Waals surface area contributed by atoms with Gasteiger partial charge in [-0.1, -0.05) is 13.8 Å². The van der Waals surface area contributed by atoms with Gasteiger partial charge in [-0.15, -0.1) is 0 Å². The molecule has 0 radical (unpaired) electrons. The van der Waals surface area contributed by atoms with Gasteiger partial charge in [-0.3, -0.25) is 4.79 Å². The number of nitrogens with zero attached hydrogens (tertiary/aromatic N) is 2. The topological polar surface area (TPSA) is 85.3 Å². The van der Waals surface area contributed by atoms with Crippen molar-refractivity contribution in [2.24, 2.45) is 5.10 Å². The van der Waals surface area contributed by atoms with Crippen molar-refractivity contribution in [2.75, 3.05) is 19.9 Å². The van der Waals surface area contributed by atoms with E-state index in [-0.39, 0.29) is 11.7 Å². The Labute approximate surface area is 181 Å². The van der Waals surface area contributed by atoms with E-state index in [4.69, 9.17) is 9.47 Å². The molecule has 31 heavy (non-hydrogen) atoms. The molecule has 0 saturated heterocycles. The number of carbonyl (C=O) groups excluding carboxylic acids is 1. The number of hydrogen-bond donors (Lipinski definition) is 0. The molecule has 2 aromatic carbocycles. The molecule has 7 nitrogen and oxygen atoms in total. The highest BCUT2D eigenvalue weighted by Gasteiger charge is 2.42. The van der Waals surface area contributed by atoms with Crippen LogP contribution < -0.4 is 9.47 Å². The summed E-state index contributed by atoms with van der Waals surface area (Å²) in [6.45, 7) is 5.70. The summed E-state index contributed by atoms with van der Waals surface area (Å²) in [7, 11) is -0.204. The van der Waals surface area contributed by atoms with E-state index < -0.39 is 15.3 Å². The summed E-state index contributed by atoms with van der Waals surface area (Å²) >= 11 is 0. The molecule has 0 aromatic heterocycles. The molecule has 2 heterocycles. The van der Waals surface area contributed by atoms with Gasteiger partial charge in [0.1, 0.15) is 22.8 Å². The van der Waals surface area contributed by atoms with E-state index in [1.54, 1.807) is 50.6 Å². The minimum Gasteiger partial charge on any atom is -0.497 e. The number of hydrogen-bond acceptors (Lipinski definition) is 6. The van der Waals surface area contributed by atoms with Gasteiger partial charge in [0.15, 0.2) is 9.84 Å². The number of benzene rings is 2. The third-order valence-corrected chi connectivity index (χ3v) is 7.75. The van der Waals surface area contributed by atoms with Crippen LogP contribution >= 0.6 is 0 Å². The average Bonchev–Trinajstić information content (AvgIpc) is 3.13. The molecule has 0 spiro atoms. The summed E-state index contributed by atoms with van der Waals surface area (Å²) in [4.78, 5) is 13.1. The molecule has 162 valence electrons. The lowest BCUT2D eigenvalue weighted by Crippen LogP contribution is -2.21. The molecule has 0 fully saturated rings. The first kappa shape index (κ1) is 21.1. The van der Waals surface area contributed by atoms with Gasteiger partial charge in [-0.25, -0.2) is 13.4 Å². The molecule has 2 aliphatic rings. The van der Waals surface area contributed by atoms with Gasteiger partial charge in [0.05, 0.1) is 24.0 Å². The molecule has 0 N–H and O–H groups in total. The molecule has 0 bridgehead atoms. The van der Waals surface area contributed by atoms with Crippen LogP contribution in [0.2, 0.25) is 0 Å². The zero-order chi connectivity index (χ0) is 22.6. The average molecular weight is 441 g/mol. The van der Waals surface area contributed by atoms with E-state index in [0.717, 1.165) is 11.1 Å². The van der Waals surface area contributed by atoms with Crippen molar-refractivity contribution in [2.45, 2.75) is 31.1 Å². The Morgan fingerprint density at radius 3 is 2.32 bits per heavy atom. The van der Waals surface area contributed by atoms with Crippen LogP contribution in [0.3, 0.4) is 0 Å². The minimum atomic E-state index is -3.36. The number of carbonyl (C=O) groups is 1. The fraction of sp³-hybridized carbons (Fsp3) is 0.304. The number of hydrazone groups is 1. The summed E-state index contributed by atoms with van der Waals surface area (Å²) in [5, 5.41) is 5.31. The normalized spacial score (nSPS) is 20.0. The molecule has 4 rings (SSSR count). The number of rotatable bonds is 4. The van der Waals surface area contributed by atoms with Gasteiger partial charge < -0.3 is 9.47 Å². The predicted octanol–water partition coefficient (Wildman–Crippen LogP) is 3.32. The van der Waals surface area contributed by atoms with Gasteiger partial charge in [-0.2, -0.15) is 5.10 Å². The van der Waals surface area contributed by atoms with E-state index in [0.29, 0.717) is 33.3 Å². The maximum absolute atomic E-state index is 12.7. The minimum absolute atomic E-state index is 0.0496. The fourth-order valence-corrected chi connectivity index (χ4v) is 6.52. The number of ether oxygens (including phenoxy) is 2. The van der Waals surface area contributed by atoms with Crippen molar-refractivity contribution in [1.29, 1.82) is 0 Å². The Morgan fingerprint density at radius 2 is 1.74 bits per heavy atom. The molecule has 2 aliphatic heterocycles. The van der Waals surface area contributed by atoms with Crippen molar-refractivity contribution < 1.29 is 22.7 Å². The van der Waals surface area contributed by atoms with Crippen LogP contribution in [-0.2, 0) is 20.0 Å². The van der Waals surface area contributed by atoms with Crippen molar-refractivity contribution in [3.63, 3.8) is 0 Å². The van der Waals surface area contributed by atoms with E-state index >= 15 is 0 Å². The molecule has 0 aliphatic carbocycles. The smallest absolute Gasteiger partial charge is 0.279 e. The van der Waals surface area contributed by atoms with Crippen LogP contribution in [0.4, 0.5) is 0 Å². The van der Waals surface area contributed by atoms with Crippen LogP contribution in [0.25, 0.3) is 5.76 Å². The Bertz CT molecular complexity index is 1240. The molecular weight excluding hydrogens is 416 g/mol. The van der Waals surface area contributed by atoms with Crippen molar-refractivity contribution in [3.05, 3.63) is 58.7 Å². The number of sulfone groups is 1. The molecule has 0 atom stereocenters. The largest absolute Gasteiger partial charge is 0.497 e. The van der Waals surface area contributed by atoms with Crippen LogP contribution in [0.1, 0.15) is 30.5 Å². The molecule has 1 amide bonds. The quantitative estimate of drug-likeness (QED) is 0.538. The Kier molecular flexibility index (Phi) is 4.93. The van der Waals surface area contributed by atoms with Gasteiger partial charge >= 0.3 is 0 Å². The molecule has 8 heteroatoms. The van der Waals surface area contributed by atoms with E-state index in [1.165, 1.54) is 11.2 Å². The number of fused-ring (bicyclic) bond motifs is 1. The first-order valence-corrected chi connectivity index (χ1v) is 11.5. The third kappa shape index (κ3) is 3.50. The molecular formula is C23H24N2O5S. The maximum Gasteiger partial charge on any atom is 0.279 e. The fourth-order valence-electron chi connectivity index (χ4n) is 4.26. The number of methoxy groups -OCH3 is 1. The van der Waals surface area contributed by atoms with Gasteiger partial charge in [-0.05, 0) is 54.4 Å². The summed E-state index contributed by atoms with van der Waals surface area (Å²) in [6, 6.07) is 10.3. The van der Waals surface area contributed by atoms with Crippen molar-refractivity contribution in [3.8, 4) is 11.5 Å². The molecule has 0 saturated carbocycles. The van der Waals surface area contributed by atoms with E-state index in [9.17, 15) is 13.2 Å². The van der Waals surface area contributed by atoms with E-state index in [2.05, 4.69) is 5.10 Å². The summed E-state index contributed by atoms with van der Waals surface area (Å²) in [5.41, 5.74) is 1.95. The third-order valence-electron chi connectivity index (χ3n) is 5.64. The van der Waals surface area contributed by atoms with Crippen LogP contribution in [0.5, 0.6) is 11.5 Å². The lowest BCUT2D eigenvalue weighted by atomic mass is 9.82. The second kappa shape index (κ2) is 7.23. The Balaban J connectivity index is 1.91. The SMILES string of the molecule is COc1ccc(OC(=C2C=NN(C)C2=O)c2ccc3c(c2C)C(C)(C)CS3(=O)=O)cc1. The standard InChI is InChI=1S/C23H24N2O5S/c1-14-17(10-11-19-20(14)23(2,3)13-31(19,27)28)21(18-12-24-25(4)22(18)26)30-16-8-6-15(29-5)7-9-16/h6-12H,13H2,1-5H3. The number of amides is 1. The number of likely N-dealkylation sites (N-methyl/N-ethyl adjacent to an activating group) is 1. The summed E-state index contributed by atoms with van der Waals surface area (Å²) < 4.78 is 36.7. The van der Waals surface area contributed by atoms with Gasteiger partial charge in [0.2, 0.25) is 0 Å². The van der Waals surface area contributed by atoms with Crippen LogP contribution in [-0.4, -0.2) is 45.5 Å². The second-order valence-corrected chi connectivity index (χ2v) is 10.3. The van der Waals surface area contributed by atoms with Crippen molar-refractivity contribution >= 4 is 27.7 Å². The van der Waals surface area contributed by atoms with Crippen molar-refractivity contribution in [1.82, 2.24) is 5.01 Å². The lowest BCUT2D eigenvalue weighted by Gasteiger charge is -2.22. The Morgan fingerprint density at radius 1 is 1.10 bits per heavy atom. The van der Waals surface area contributed by atoms with Gasteiger partial charge in [0, 0.05) is 18.0 Å². The zero-order valence-electron chi connectivity index (χ0n) is 18.1. The Hall–Kier alpha value is -3.13. The summed E-state index contributed by atoms with van der Waals surface area (Å²) in [6.07, 6.45) is 1.47. The summed E-state index contributed by atoms with van der Waals surface area (Å²) in [5.74, 6) is 1.29. The second-order valence-electron chi connectivity index (χ2n) is 8.35. The van der Waals surface area contributed by atoms with E-state index in [1.807, 2.05) is 20.8 Å². The predicted molar refractivity (Wildman–Crippen MR) is 118 cm³/mol. The first-order valence-electron chi connectivity index (χ1n) is 9.80. The highest BCUT2D eigenvalue weighted by atomic mass is 32.2. The maximum atomic E-state index is 12.7. The van der Waals surface area contributed by atoms with Crippen LogP contribution in [0, 0.1) is 6.92 Å². The van der Waals surface area contributed by atoms with Gasteiger partial charge in [0.25, 0.3) is 5.91 Å². The molecule has 2 aromatic rings. The van der Waals surface area contributed by atoms with Crippen LogP contribution in [0.15, 0.2) is 52.0 Å².